The highest BCUT2D eigenvalue weighted by Crippen LogP contribution is 2.40. The van der Waals surface area contributed by atoms with Crippen molar-refractivity contribution in [1.82, 2.24) is 19.5 Å². The van der Waals surface area contributed by atoms with Crippen LogP contribution < -0.4 is 5.56 Å². The Morgan fingerprint density at radius 2 is 2.35 bits per heavy atom. The monoisotopic (exact) mass is 366 g/mol. The molecule has 4 N–H and O–H groups in total. The Morgan fingerprint density at radius 1 is 1.61 bits per heavy atom. The fraction of sp³-hybridized carbons (Fsp3) is 0.500. The number of hydrogen-bond donors (Lipinski definition) is 4. The van der Waals surface area contributed by atoms with Crippen molar-refractivity contribution in [3.63, 3.8) is 0 Å². The number of alkyl halides is 1. The second-order valence-corrected chi connectivity index (χ2v) is 7.58. The van der Waals surface area contributed by atoms with Gasteiger partial charge in [-0.3, -0.25) is 9.36 Å². The standard InChI is InChI=1S/C10H12FN4O6PS/c11-10(2-20-5(7(10)16)1-21-22(18,19)23)15-4-14-6-8(15)12-3-13-9(6)17/h3-5,7,16H,1-2H2,(H,12,13,17)(H2,18,19,23)/t5-,7-,10+/m1/s1. The summed E-state index contributed by atoms with van der Waals surface area (Å²) in [7, 11) is 0. The Balaban J connectivity index is 1.91. The van der Waals surface area contributed by atoms with Gasteiger partial charge in [-0.1, -0.05) is 0 Å². The molecule has 23 heavy (non-hydrogen) atoms. The number of halogens is 1. The number of H-pyrrole nitrogens is 1. The van der Waals surface area contributed by atoms with E-state index in [0.717, 1.165) is 17.2 Å². The molecule has 126 valence electrons. The molecule has 0 unspecified atom stereocenters. The van der Waals surface area contributed by atoms with Crippen LogP contribution in [-0.2, 0) is 26.9 Å². The maximum atomic E-state index is 15.2. The summed E-state index contributed by atoms with van der Waals surface area (Å²) >= 11 is 4.28. The average molecular weight is 366 g/mol. The van der Waals surface area contributed by atoms with Crippen molar-refractivity contribution < 1.29 is 28.5 Å². The van der Waals surface area contributed by atoms with Gasteiger partial charge in [0.2, 0.25) is 5.79 Å². The van der Waals surface area contributed by atoms with Crippen LogP contribution in [0.2, 0.25) is 0 Å². The molecule has 2 aromatic heterocycles. The van der Waals surface area contributed by atoms with E-state index in [9.17, 15) is 9.90 Å². The minimum atomic E-state index is -3.95. The van der Waals surface area contributed by atoms with E-state index in [2.05, 4.69) is 31.3 Å². The minimum absolute atomic E-state index is 0.0603. The third-order valence-corrected chi connectivity index (χ3v) is 4.25. The number of fused-ring (bicyclic) bond motifs is 1. The highest BCUT2D eigenvalue weighted by atomic mass is 32.5. The highest BCUT2D eigenvalue weighted by Gasteiger charge is 2.52. The van der Waals surface area contributed by atoms with Crippen molar-refractivity contribution in [1.29, 1.82) is 0 Å². The molecule has 1 fully saturated rings. The molecule has 3 atom stereocenters. The topological polar surface area (TPSA) is 143 Å². The summed E-state index contributed by atoms with van der Waals surface area (Å²) < 4.78 is 25.8. The van der Waals surface area contributed by atoms with Crippen LogP contribution in [0.15, 0.2) is 17.4 Å². The zero-order valence-electron chi connectivity index (χ0n) is 11.4. The second kappa shape index (κ2) is 5.67. The van der Waals surface area contributed by atoms with Gasteiger partial charge in [0.25, 0.3) is 5.56 Å². The summed E-state index contributed by atoms with van der Waals surface area (Å²) in [5.41, 5.74) is -0.695. The van der Waals surface area contributed by atoms with E-state index in [4.69, 9.17) is 14.5 Å². The van der Waals surface area contributed by atoms with Crippen LogP contribution in [0.1, 0.15) is 0 Å². The number of rotatable bonds is 4. The van der Waals surface area contributed by atoms with E-state index < -0.39 is 43.5 Å². The smallest absolute Gasteiger partial charge is 0.321 e. The Bertz CT molecular complexity index is 838. The maximum absolute atomic E-state index is 15.2. The SMILES string of the molecule is O=c1[nH]cnc2c1ncn2[C@@]1(F)CO[C@H](COP(O)(O)=S)[C@H]1O. The van der Waals surface area contributed by atoms with Crippen molar-refractivity contribution in [3.8, 4) is 0 Å². The van der Waals surface area contributed by atoms with Crippen molar-refractivity contribution in [2.24, 2.45) is 0 Å². The molecular formula is C10H12FN4O6PS. The van der Waals surface area contributed by atoms with Gasteiger partial charge in [0.15, 0.2) is 11.2 Å². The highest BCUT2D eigenvalue weighted by molar-refractivity contribution is 8.06. The van der Waals surface area contributed by atoms with Crippen LogP contribution in [0.4, 0.5) is 4.39 Å². The van der Waals surface area contributed by atoms with E-state index in [1.54, 1.807) is 0 Å². The van der Waals surface area contributed by atoms with E-state index in [1.165, 1.54) is 0 Å². The van der Waals surface area contributed by atoms with Crippen molar-refractivity contribution in [2.75, 3.05) is 13.2 Å². The van der Waals surface area contributed by atoms with Gasteiger partial charge in [-0.05, 0) is 11.8 Å². The predicted molar refractivity (Wildman–Crippen MR) is 77.7 cm³/mol. The summed E-state index contributed by atoms with van der Waals surface area (Å²) in [5, 5.41) is 10.2. The summed E-state index contributed by atoms with van der Waals surface area (Å²) in [6.45, 7) is -5.02. The normalized spacial score (nSPS) is 28.5. The Kier molecular flexibility index (Phi) is 4.09. The molecule has 13 heteroatoms. The van der Waals surface area contributed by atoms with Crippen molar-refractivity contribution in [3.05, 3.63) is 23.0 Å². The quantitative estimate of drug-likeness (QED) is 0.487. The van der Waals surface area contributed by atoms with Crippen LogP contribution in [0.3, 0.4) is 0 Å². The molecule has 0 amide bonds. The number of hydrogen-bond acceptors (Lipinski definition) is 7. The van der Waals surface area contributed by atoms with E-state index >= 15 is 4.39 Å². The lowest BCUT2D eigenvalue weighted by Gasteiger charge is -2.25. The molecule has 2 aromatic rings. The van der Waals surface area contributed by atoms with Crippen molar-refractivity contribution in [2.45, 2.75) is 18.0 Å². The number of nitrogens with one attached hydrogen (secondary N) is 1. The first kappa shape index (κ1) is 16.6. The fourth-order valence-electron chi connectivity index (χ4n) is 2.33. The predicted octanol–water partition coefficient (Wildman–Crippen LogP) is -1.27. The molecule has 0 aromatic carbocycles. The molecule has 0 spiro atoms. The van der Waals surface area contributed by atoms with Gasteiger partial charge < -0.3 is 29.1 Å². The van der Waals surface area contributed by atoms with Gasteiger partial charge in [0.05, 0.1) is 12.9 Å². The lowest BCUT2D eigenvalue weighted by Crippen LogP contribution is -2.43. The largest absolute Gasteiger partial charge is 0.385 e. The van der Waals surface area contributed by atoms with Crippen LogP contribution in [0.5, 0.6) is 0 Å². The maximum Gasteiger partial charge on any atom is 0.321 e. The molecule has 3 rings (SSSR count). The van der Waals surface area contributed by atoms with Gasteiger partial charge in [-0.15, -0.1) is 0 Å². The van der Waals surface area contributed by atoms with Gasteiger partial charge in [-0.25, -0.2) is 14.4 Å². The van der Waals surface area contributed by atoms with Crippen LogP contribution in [-0.4, -0.2) is 59.8 Å². The average Bonchev–Trinajstić information content (AvgIpc) is 3.01. The number of ether oxygens (including phenoxy) is 1. The van der Waals surface area contributed by atoms with Gasteiger partial charge in [-0.2, -0.15) is 0 Å². The minimum Gasteiger partial charge on any atom is -0.385 e. The first-order chi connectivity index (χ1) is 10.7. The second-order valence-electron chi connectivity index (χ2n) is 4.92. The third kappa shape index (κ3) is 2.94. The molecule has 0 bridgehead atoms. The van der Waals surface area contributed by atoms with Crippen molar-refractivity contribution >= 4 is 29.7 Å². The number of aliphatic hydroxyl groups excluding tert-OH is 1. The lowest BCUT2D eigenvalue weighted by atomic mass is 10.1. The van der Waals surface area contributed by atoms with Gasteiger partial charge >= 0.3 is 6.72 Å². The van der Waals surface area contributed by atoms with E-state index in [1.807, 2.05) is 0 Å². The summed E-state index contributed by atoms with van der Waals surface area (Å²) in [5.74, 6) is -2.45. The molecule has 0 aliphatic carbocycles. The van der Waals surface area contributed by atoms with Crippen LogP contribution >= 0.6 is 6.72 Å². The third-order valence-electron chi connectivity index (χ3n) is 3.45. The molecule has 0 saturated carbocycles. The molecule has 3 heterocycles. The number of imidazole rings is 1. The molecule has 0 radical (unpaired) electrons. The first-order valence-corrected chi connectivity index (χ1v) is 8.95. The van der Waals surface area contributed by atoms with Crippen LogP contribution in [0.25, 0.3) is 11.2 Å². The Hall–Kier alpha value is -1.27. The molecule has 1 saturated heterocycles. The zero-order valence-corrected chi connectivity index (χ0v) is 13.1. The zero-order chi connectivity index (χ0) is 16.8. The Labute approximate surface area is 132 Å². The summed E-state index contributed by atoms with van der Waals surface area (Å²) in [4.78, 5) is 39.6. The van der Waals surface area contributed by atoms with E-state index in [-0.39, 0.29) is 11.2 Å². The number of aromatic amines is 1. The molecule has 10 nitrogen and oxygen atoms in total. The summed E-state index contributed by atoms with van der Waals surface area (Å²) in [6.07, 6.45) is -0.781. The van der Waals surface area contributed by atoms with Gasteiger partial charge in [0, 0.05) is 0 Å². The number of nitrogens with zero attached hydrogens (tertiary/aromatic N) is 3. The van der Waals surface area contributed by atoms with Gasteiger partial charge in [0.1, 0.15) is 25.1 Å². The Morgan fingerprint density at radius 3 is 3.04 bits per heavy atom. The number of aliphatic hydroxyl groups is 1. The fourth-order valence-corrected chi connectivity index (χ4v) is 2.85. The molecule has 1 aliphatic rings. The molecular weight excluding hydrogens is 354 g/mol. The number of aromatic nitrogens is 4. The van der Waals surface area contributed by atoms with Crippen LogP contribution in [0, 0.1) is 0 Å². The molecule has 1 aliphatic heterocycles. The summed E-state index contributed by atoms with van der Waals surface area (Å²) in [6, 6.07) is 0. The van der Waals surface area contributed by atoms with E-state index in [0.29, 0.717) is 0 Å². The first-order valence-electron chi connectivity index (χ1n) is 6.32. The lowest BCUT2D eigenvalue weighted by molar-refractivity contribution is -0.0449.